The molecule has 0 bridgehead atoms. The van der Waals surface area contributed by atoms with Crippen LogP contribution in [0.4, 0.5) is 0 Å². The van der Waals surface area contributed by atoms with Crippen LogP contribution in [-0.4, -0.2) is 17.5 Å². The third-order valence-electron chi connectivity index (χ3n) is 2.15. The molecule has 0 spiro atoms. The number of ether oxygens (including phenoxy) is 1. The number of methoxy groups -OCH3 is 1. The van der Waals surface area contributed by atoms with Crippen LogP contribution >= 0.6 is 11.5 Å². The summed E-state index contributed by atoms with van der Waals surface area (Å²) in [5.41, 5.74) is 6.93. The maximum atomic E-state index is 11.3. The van der Waals surface area contributed by atoms with Gasteiger partial charge in [0.15, 0.2) is 5.69 Å². The molecule has 0 aliphatic carbocycles. The molecule has 0 atom stereocenters. The quantitative estimate of drug-likeness (QED) is 0.783. The summed E-state index contributed by atoms with van der Waals surface area (Å²) in [5.74, 6) is -0.401. The van der Waals surface area contributed by atoms with Crippen molar-refractivity contribution >= 4 is 27.6 Å². The van der Waals surface area contributed by atoms with E-state index < -0.39 is 5.97 Å². The summed E-state index contributed by atoms with van der Waals surface area (Å²) in [6, 6.07) is 5.69. The van der Waals surface area contributed by atoms with Crippen molar-refractivity contribution in [1.29, 1.82) is 0 Å². The number of benzene rings is 1. The molecule has 78 valence electrons. The molecular formula is C10H10N2O2S. The first-order chi connectivity index (χ1) is 7.26. The van der Waals surface area contributed by atoms with Gasteiger partial charge in [-0.05, 0) is 23.2 Å². The van der Waals surface area contributed by atoms with Crippen LogP contribution in [0, 0.1) is 0 Å². The summed E-state index contributed by atoms with van der Waals surface area (Å²) in [4.78, 5) is 11.3. The Morgan fingerprint density at radius 1 is 1.60 bits per heavy atom. The van der Waals surface area contributed by atoms with Crippen molar-refractivity contribution in [2.24, 2.45) is 5.73 Å². The minimum absolute atomic E-state index is 0.376. The number of nitrogens with two attached hydrogens (primary N) is 1. The molecule has 1 heterocycles. The monoisotopic (exact) mass is 222 g/mol. The van der Waals surface area contributed by atoms with E-state index in [9.17, 15) is 4.79 Å². The van der Waals surface area contributed by atoms with E-state index in [-0.39, 0.29) is 0 Å². The second-order valence-electron chi connectivity index (χ2n) is 3.06. The van der Waals surface area contributed by atoms with Gasteiger partial charge < -0.3 is 10.5 Å². The van der Waals surface area contributed by atoms with Gasteiger partial charge in [0.05, 0.1) is 11.8 Å². The maximum Gasteiger partial charge on any atom is 0.358 e. The Kier molecular flexibility index (Phi) is 2.66. The van der Waals surface area contributed by atoms with E-state index in [1.165, 1.54) is 18.6 Å². The van der Waals surface area contributed by atoms with Crippen LogP contribution in [0.15, 0.2) is 18.2 Å². The summed E-state index contributed by atoms with van der Waals surface area (Å²) >= 11 is 1.28. The molecule has 15 heavy (non-hydrogen) atoms. The molecule has 0 unspecified atom stereocenters. The van der Waals surface area contributed by atoms with E-state index in [0.717, 1.165) is 15.6 Å². The SMILES string of the molecule is COC(=O)c1nsc2cc(CN)ccc12. The maximum absolute atomic E-state index is 11.3. The minimum Gasteiger partial charge on any atom is -0.464 e. The van der Waals surface area contributed by atoms with Gasteiger partial charge in [0.25, 0.3) is 0 Å². The van der Waals surface area contributed by atoms with Gasteiger partial charge in [-0.25, -0.2) is 4.79 Å². The summed E-state index contributed by atoms with van der Waals surface area (Å²) in [7, 11) is 1.35. The van der Waals surface area contributed by atoms with Crippen LogP contribution in [0.5, 0.6) is 0 Å². The van der Waals surface area contributed by atoms with Gasteiger partial charge in [-0.15, -0.1) is 0 Å². The fraction of sp³-hybridized carbons (Fsp3) is 0.200. The molecule has 1 aromatic heterocycles. The van der Waals surface area contributed by atoms with Crippen LogP contribution < -0.4 is 5.73 Å². The van der Waals surface area contributed by atoms with Crippen LogP contribution in [0.2, 0.25) is 0 Å². The molecule has 0 amide bonds. The van der Waals surface area contributed by atoms with Crippen LogP contribution in [0.25, 0.3) is 10.1 Å². The molecule has 2 aromatic rings. The second kappa shape index (κ2) is 3.96. The predicted octanol–water partition coefficient (Wildman–Crippen LogP) is 1.54. The third-order valence-corrected chi connectivity index (χ3v) is 2.96. The topological polar surface area (TPSA) is 65.2 Å². The number of carbonyl (C=O) groups excluding carboxylic acids is 1. The fourth-order valence-electron chi connectivity index (χ4n) is 1.35. The Morgan fingerprint density at radius 3 is 3.07 bits per heavy atom. The largest absolute Gasteiger partial charge is 0.464 e. The molecule has 0 aliphatic heterocycles. The number of hydrogen-bond donors (Lipinski definition) is 1. The predicted molar refractivity (Wildman–Crippen MR) is 58.9 cm³/mol. The van der Waals surface area contributed by atoms with Gasteiger partial charge in [-0.3, -0.25) is 0 Å². The van der Waals surface area contributed by atoms with Crippen molar-refractivity contribution in [2.75, 3.05) is 7.11 Å². The highest BCUT2D eigenvalue weighted by Crippen LogP contribution is 2.24. The number of fused-ring (bicyclic) bond motifs is 1. The van der Waals surface area contributed by atoms with Gasteiger partial charge in [0.2, 0.25) is 0 Å². The van der Waals surface area contributed by atoms with E-state index in [1.807, 2.05) is 18.2 Å². The van der Waals surface area contributed by atoms with Gasteiger partial charge in [0.1, 0.15) is 0 Å². The van der Waals surface area contributed by atoms with Crippen LogP contribution in [-0.2, 0) is 11.3 Å². The molecule has 1 aromatic carbocycles. The normalized spacial score (nSPS) is 10.5. The van der Waals surface area contributed by atoms with E-state index in [2.05, 4.69) is 9.11 Å². The Balaban J connectivity index is 2.57. The smallest absolute Gasteiger partial charge is 0.358 e. The summed E-state index contributed by atoms with van der Waals surface area (Å²) < 4.78 is 9.66. The summed E-state index contributed by atoms with van der Waals surface area (Å²) in [6.07, 6.45) is 0. The van der Waals surface area contributed by atoms with Gasteiger partial charge in [0, 0.05) is 11.9 Å². The van der Waals surface area contributed by atoms with Crippen molar-refractivity contribution in [1.82, 2.24) is 4.37 Å². The second-order valence-corrected chi connectivity index (χ2v) is 3.86. The Bertz CT molecular complexity index is 507. The first-order valence-corrected chi connectivity index (χ1v) is 5.20. The van der Waals surface area contributed by atoms with E-state index >= 15 is 0 Å². The van der Waals surface area contributed by atoms with Gasteiger partial charge >= 0.3 is 5.97 Å². The number of esters is 1. The fourth-order valence-corrected chi connectivity index (χ4v) is 2.18. The van der Waals surface area contributed by atoms with Crippen LogP contribution in [0.3, 0.4) is 0 Å². The summed E-state index contributed by atoms with van der Waals surface area (Å²) in [6.45, 7) is 0.487. The number of rotatable bonds is 2. The minimum atomic E-state index is -0.401. The standard InChI is InChI=1S/C10H10N2O2S/c1-14-10(13)9-7-3-2-6(5-11)4-8(7)15-12-9/h2-4H,5,11H2,1H3. The lowest BCUT2D eigenvalue weighted by molar-refractivity contribution is 0.0598. The third kappa shape index (κ3) is 1.71. The van der Waals surface area contributed by atoms with Gasteiger partial charge in [-0.2, -0.15) is 4.37 Å². The van der Waals surface area contributed by atoms with Crippen molar-refractivity contribution in [2.45, 2.75) is 6.54 Å². The van der Waals surface area contributed by atoms with Crippen molar-refractivity contribution in [3.63, 3.8) is 0 Å². The molecule has 0 fully saturated rings. The van der Waals surface area contributed by atoms with Crippen molar-refractivity contribution in [3.8, 4) is 0 Å². The Hall–Kier alpha value is -1.46. The molecular weight excluding hydrogens is 212 g/mol. The lowest BCUT2D eigenvalue weighted by Gasteiger charge is -1.97. The molecule has 0 saturated carbocycles. The molecule has 4 nitrogen and oxygen atoms in total. The van der Waals surface area contributed by atoms with Crippen molar-refractivity contribution in [3.05, 3.63) is 29.5 Å². The average molecular weight is 222 g/mol. The van der Waals surface area contributed by atoms with E-state index in [0.29, 0.717) is 12.2 Å². The molecule has 0 radical (unpaired) electrons. The first-order valence-electron chi connectivity index (χ1n) is 4.43. The zero-order valence-corrected chi connectivity index (χ0v) is 9.00. The number of carbonyl (C=O) groups is 1. The average Bonchev–Trinajstić information content (AvgIpc) is 2.70. The molecule has 0 aliphatic rings. The van der Waals surface area contributed by atoms with E-state index in [1.54, 1.807) is 0 Å². The number of nitrogens with zero attached hydrogens (tertiary/aromatic N) is 1. The highest BCUT2D eigenvalue weighted by Gasteiger charge is 2.14. The van der Waals surface area contributed by atoms with Gasteiger partial charge in [-0.1, -0.05) is 12.1 Å². The zero-order valence-electron chi connectivity index (χ0n) is 8.19. The zero-order chi connectivity index (χ0) is 10.8. The van der Waals surface area contributed by atoms with Crippen molar-refractivity contribution < 1.29 is 9.53 Å². The highest BCUT2D eigenvalue weighted by atomic mass is 32.1. The molecule has 2 N–H and O–H groups in total. The molecule has 2 rings (SSSR count). The van der Waals surface area contributed by atoms with E-state index in [4.69, 9.17) is 5.73 Å². The lowest BCUT2D eigenvalue weighted by Crippen LogP contribution is -2.01. The lowest BCUT2D eigenvalue weighted by atomic mass is 10.1. The summed E-state index contributed by atoms with van der Waals surface area (Å²) in [5, 5.41) is 0.823. The Morgan fingerprint density at radius 2 is 2.40 bits per heavy atom. The molecule has 5 heteroatoms. The van der Waals surface area contributed by atoms with Crippen LogP contribution in [0.1, 0.15) is 16.1 Å². The highest BCUT2D eigenvalue weighted by molar-refractivity contribution is 7.13. The molecule has 0 saturated heterocycles. The number of aromatic nitrogens is 1. The first kappa shape index (κ1) is 10.1. The Labute approximate surface area is 90.8 Å². The number of hydrogen-bond acceptors (Lipinski definition) is 5.